The first-order valence-corrected chi connectivity index (χ1v) is 8.83. The molecule has 23 heavy (non-hydrogen) atoms. The van der Waals surface area contributed by atoms with Crippen molar-refractivity contribution in [2.45, 2.75) is 45.1 Å². The van der Waals surface area contributed by atoms with Crippen LogP contribution in [0, 0.1) is 5.92 Å². The lowest BCUT2D eigenvalue weighted by molar-refractivity contribution is -0.117. The van der Waals surface area contributed by atoms with E-state index in [1.165, 1.54) is 13.3 Å². The van der Waals surface area contributed by atoms with Gasteiger partial charge in [0.15, 0.2) is 11.5 Å². The SMILES string of the molecule is CC(=O)C1=C(O)C(=O)N(c2cccc(Br)c2)C1C1CCCCC1. The lowest BCUT2D eigenvalue weighted by atomic mass is 9.80. The Morgan fingerprint density at radius 1 is 1.26 bits per heavy atom. The zero-order chi connectivity index (χ0) is 16.6. The Labute approximate surface area is 144 Å². The van der Waals surface area contributed by atoms with E-state index in [-0.39, 0.29) is 29.1 Å². The first kappa shape index (κ1) is 16.2. The summed E-state index contributed by atoms with van der Waals surface area (Å²) < 4.78 is 0.862. The molecule has 0 saturated heterocycles. The van der Waals surface area contributed by atoms with E-state index in [1.54, 1.807) is 4.90 Å². The number of anilines is 1. The first-order valence-electron chi connectivity index (χ1n) is 8.04. The first-order chi connectivity index (χ1) is 11.0. The molecule has 0 aromatic heterocycles. The number of benzene rings is 1. The van der Waals surface area contributed by atoms with Crippen LogP contribution in [0.2, 0.25) is 0 Å². The van der Waals surface area contributed by atoms with Crippen LogP contribution in [-0.4, -0.2) is 22.8 Å². The summed E-state index contributed by atoms with van der Waals surface area (Å²) in [6.45, 7) is 1.43. The van der Waals surface area contributed by atoms with Gasteiger partial charge in [-0.15, -0.1) is 0 Å². The van der Waals surface area contributed by atoms with Crippen molar-refractivity contribution in [2.75, 3.05) is 4.90 Å². The van der Waals surface area contributed by atoms with Gasteiger partial charge in [-0.25, -0.2) is 0 Å². The summed E-state index contributed by atoms with van der Waals surface area (Å²) in [4.78, 5) is 26.3. The van der Waals surface area contributed by atoms with E-state index >= 15 is 0 Å². The summed E-state index contributed by atoms with van der Waals surface area (Å²) in [5.74, 6) is -0.851. The quantitative estimate of drug-likeness (QED) is 0.860. The second-order valence-electron chi connectivity index (χ2n) is 6.32. The highest BCUT2D eigenvalue weighted by Gasteiger charge is 2.46. The van der Waals surface area contributed by atoms with Crippen LogP contribution in [0.5, 0.6) is 0 Å². The molecule has 4 nitrogen and oxygen atoms in total. The number of aliphatic hydroxyl groups is 1. The Kier molecular flexibility index (Phi) is 4.57. The molecule has 1 aliphatic carbocycles. The number of amides is 1. The standard InChI is InChI=1S/C18H20BrNO3/c1-11(21)15-16(12-6-3-2-4-7-12)20(18(23)17(15)22)14-9-5-8-13(19)10-14/h5,8-10,12,16,22H,2-4,6-7H2,1H3. The number of ketones is 1. The zero-order valence-corrected chi connectivity index (χ0v) is 14.7. The fourth-order valence-corrected chi connectivity index (χ4v) is 4.19. The van der Waals surface area contributed by atoms with Gasteiger partial charge in [-0.1, -0.05) is 41.3 Å². The lowest BCUT2D eigenvalue weighted by Crippen LogP contribution is -2.42. The fraction of sp³-hybridized carbons (Fsp3) is 0.444. The molecule has 0 radical (unpaired) electrons. The van der Waals surface area contributed by atoms with Crippen LogP contribution in [0.1, 0.15) is 39.0 Å². The smallest absolute Gasteiger partial charge is 0.294 e. The Morgan fingerprint density at radius 2 is 1.96 bits per heavy atom. The number of Topliss-reactive ketones (excluding diaryl/α,β-unsaturated/α-hetero) is 1. The molecule has 0 spiro atoms. The highest BCUT2D eigenvalue weighted by Crippen LogP contribution is 2.40. The third kappa shape index (κ3) is 2.94. The molecule has 1 aromatic carbocycles. The second kappa shape index (κ2) is 6.48. The van der Waals surface area contributed by atoms with Gasteiger partial charge in [0.05, 0.1) is 11.6 Å². The van der Waals surface area contributed by atoms with Crippen molar-refractivity contribution >= 4 is 33.3 Å². The zero-order valence-electron chi connectivity index (χ0n) is 13.1. The molecule has 1 saturated carbocycles. The van der Waals surface area contributed by atoms with E-state index in [1.807, 2.05) is 24.3 Å². The molecule has 2 aliphatic rings. The maximum absolute atomic E-state index is 12.6. The van der Waals surface area contributed by atoms with Gasteiger partial charge in [0, 0.05) is 10.2 Å². The largest absolute Gasteiger partial charge is 0.503 e. The average molecular weight is 378 g/mol. The molecular weight excluding hydrogens is 358 g/mol. The van der Waals surface area contributed by atoms with Gasteiger partial charge in [-0.3, -0.25) is 14.5 Å². The van der Waals surface area contributed by atoms with E-state index in [0.717, 1.165) is 30.2 Å². The van der Waals surface area contributed by atoms with E-state index in [0.29, 0.717) is 5.69 Å². The molecule has 1 amide bonds. The van der Waals surface area contributed by atoms with Crippen molar-refractivity contribution in [3.63, 3.8) is 0 Å². The van der Waals surface area contributed by atoms with Crippen molar-refractivity contribution in [1.29, 1.82) is 0 Å². The van der Waals surface area contributed by atoms with Gasteiger partial charge < -0.3 is 5.11 Å². The summed E-state index contributed by atoms with van der Waals surface area (Å²) in [5, 5.41) is 10.3. The van der Waals surface area contributed by atoms with Crippen LogP contribution >= 0.6 is 15.9 Å². The van der Waals surface area contributed by atoms with Crippen molar-refractivity contribution in [2.24, 2.45) is 5.92 Å². The van der Waals surface area contributed by atoms with Crippen LogP contribution in [0.15, 0.2) is 40.1 Å². The third-order valence-electron chi connectivity index (χ3n) is 4.81. The van der Waals surface area contributed by atoms with E-state index in [2.05, 4.69) is 15.9 Å². The topological polar surface area (TPSA) is 57.6 Å². The molecule has 1 N–H and O–H groups in total. The predicted molar refractivity (Wildman–Crippen MR) is 92.3 cm³/mol. The molecule has 0 bridgehead atoms. The summed E-state index contributed by atoms with van der Waals surface area (Å²) in [5.41, 5.74) is 0.990. The average Bonchev–Trinajstić information content (AvgIpc) is 2.80. The van der Waals surface area contributed by atoms with Crippen molar-refractivity contribution in [3.8, 4) is 0 Å². The molecule has 1 fully saturated rings. The summed E-state index contributed by atoms with van der Waals surface area (Å²) in [7, 11) is 0. The molecule has 1 aromatic rings. The Morgan fingerprint density at radius 3 is 2.57 bits per heavy atom. The highest BCUT2D eigenvalue weighted by molar-refractivity contribution is 9.10. The molecular formula is C18H20BrNO3. The monoisotopic (exact) mass is 377 g/mol. The minimum absolute atomic E-state index is 0.218. The minimum Gasteiger partial charge on any atom is -0.503 e. The number of hydrogen-bond acceptors (Lipinski definition) is 3. The molecule has 1 heterocycles. The van der Waals surface area contributed by atoms with E-state index in [4.69, 9.17) is 0 Å². The normalized spacial score (nSPS) is 22.8. The highest BCUT2D eigenvalue weighted by atomic mass is 79.9. The Balaban J connectivity index is 2.06. The molecule has 3 rings (SSSR count). The van der Waals surface area contributed by atoms with E-state index in [9.17, 15) is 14.7 Å². The Bertz CT molecular complexity index is 677. The number of nitrogens with zero attached hydrogens (tertiary/aromatic N) is 1. The Hall–Kier alpha value is -1.62. The number of carbonyl (C=O) groups excluding carboxylic acids is 2. The van der Waals surface area contributed by atoms with Crippen LogP contribution in [-0.2, 0) is 9.59 Å². The lowest BCUT2D eigenvalue weighted by Gasteiger charge is -2.35. The molecule has 1 atom stereocenters. The molecule has 1 aliphatic heterocycles. The number of carbonyl (C=O) groups is 2. The third-order valence-corrected chi connectivity index (χ3v) is 5.31. The number of halogens is 1. The van der Waals surface area contributed by atoms with Crippen LogP contribution in [0.25, 0.3) is 0 Å². The predicted octanol–water partition coefficient (Wildman–Crippen LogP) is 4.15. The van der Waals surface area contributed by atoms with Gasteiger partial charge in [0.1, 0.15) is 0 Å². The van der Waals surface area contributed by atoms with Crippen LogP contribution in [0.4, 0.5) is 5.69 Å². The number of aliphatic hydroxyl groups excluding tert-OH is 1. The van der Waals surface area contributed by atoms with Gasteiger partial charge in [0.25, 0.3) is 5.91 Å². The maximum Gasteiger partial charge on any atom is 0.294 e. The van der Waals surface area contributed by atoms with E-state index < -0.39 is 5.91 Å². The fourth-order valence-electron chi connectivity index (χ4n) is 3.80. The van der Waals surface area contributed by atoms with Gasteiger partial charge >= 0.3 is 0 Å². The molecule has 122 valence electrons. The van der Waals surface area contributed by atoms with Crippen molar-refractivity contribution < 1.29 is 14.7 Å². The summed E-state index contributed by atoms with van der Waals surface area (Å²) in [6, 6.07) is 7.08. The van der Waals surface area contributed by atoms with Crippen molar-refractivity contribution in [3.05, 3.63) is 40.1 Å². The molecule has 5 heteroatoms. The van der Waals surface area contributed by atoms with Gasteiger partial charge in [0.2, 0.25) is 0 Å². The molecule has 1 unspecified atom stereocenters. The number of hydrogen-bond donors (Lipinski definition) is 1. The van der Waals surface area contributed by atoms with Gasteiger partial charge in [-0.2, -0.15) is 0 Å². The summed E-state index contributed by atoms with van der Waals surface area (Å²) >= 11 is 3.42. The van der Waals surface area contributed by atoms with Gasteiger partial charge in [-0.05, 0) is 43.9 Å². The minimum atomic E-state index is -0.469. The second-order valence-corrected chi connectivity index (χ2v) is 7.23. The number of rotatable bonds is 3. The van der Waals surface area contributed by atoms with Crippen molar-refractivity contribution in [1.82, 2.24) is 0 Å². The summed E-state index contributed by atoms with van der Waals surface area (Å²) in [6.07, 6.45) is 5.36. The van der Waals surface area contributed by atoms with Crippen LogP contribution in [0.3, 0.4) is 0 Å². The van der Waals surface area contributed by atoms with Crippen LogP contribution < -0.4 is 4.90 Å². The maximum atomic E-state index is 12.6.